The van der Waals surface area contributed by atoms with Gasteiger partial charge in [0.15, 0.2) is 0 Å². The topological polar surface area (TPSA) is 32.3 Å². The summed E-state index contributed by atoms with van der Waals surface area (Å²) in [7, 11) is 0. The third-order valence-electron chi connectivity index (χ3n) is 4.63. The van der Waals surface area contributed by atoms with Gasteiger partial charge in [-0.1, -0.05) is 25.2 Å². The molecule has 1 amide bonds. The highest BCUT2D eigenvalue weighted by Gasteiger charge is 2.50. The molecule has 2 heterocycles. The Hall–Kier alpha value is -1.35. The SMILES string of the molecule is CCN1C(=O)C2(CCNCC2)C2=C1C=CC(C)C=C2. The molecule has 1 fully saturated rings. The predicted molar refractivity (Wildman–Crippen MR) is 76.4 cm³/mol. The maximum Gasteiger partial charge on any atom is 0.237 e. The molecule has 1 aliphatic carbocycles. The first-order valence-electron chi connectivity index (χ1n) is 7.33. The average Bonchev–Trinajstić information content (AvgIpc) is 2.57. The van der Waals surface area contributed by atoms with E-state index in [1.54, 1.807) is 0 Å². The molecule has 0 bridgehead atoms. The van der Waals surface area contributed by atoms with E-state index in [0.717, 1.165) is 38.2 Å². The molecule has 0 radical (unpaired) electrons. The molecule has 3 aliphatic rings. The number of fused-ring (bicyclic) bond motifs is 1. The van der Waals surface area contributed by atoms with Crippen molar-refractivity contribution in [3.05, 3.63) is 35.6 Å². The molecule has 1 spiro atoms. The van der Waals surface area contributed by atoms with Crippen molar-refractivity contribution >= 4 is 5.91 Å². The lowest BCUT2D eigenvalue weighted by atomic mass is 9.73. The second-order valence-electron chi connectivity index (χ2n) is 5.76. The van der Waals surface area contributed by atoms with E-state index >= 15 is 0 Å². The summed E-state index contributed by atoms with van der Waals surface area (Å²) in [5.41, 5.74) is 2.12. The number of nitrogens with zero attached hydrogens (tertiary/aromatic N) is 1. The van der Waals surface area contributed by atoms with Crippen molar-refractivity contribution in [1.29, 1.82) is 0 Å². The number of rotatable bonds is 1. The fraction of sp³-hybridized carbons (Fsp3) is 0.562. The van der Waals surface area contributed by atoms with Crippen LogP contribution in [0, 0.1) is 11.3 Å². The first-order chi connectivity index (χ1) is 9.19. The molecule has 1 saturated heterocycles. The highest BCUT2D eigenvalue weighted by Crippen LogP contribution is 2.48. The third-order valence-corrected chi connectivity index (χ3v) is 4.63. The molecular formula is C16H22N2O. The van der Waals surface area contributed by atoms with Gasteiger partial charge in [0.1, 0.15) is 0 Å². The Morgan fingerprint density at radius 2 is 2.00 bits per heavy atom. The second kappa shape index (κ2) is 4.64. The fourth-order valence-corrected chi connectivity index (χ4v) is 3.50. The monoisotopic (exact) mass is 258 g/mol. The highest BCUT2D eigenvalue weighted by molar-refractivity contribution is 5.93. The molecular weight excluding hydrogens is 236 g/mol. The minimum atomic E-state index is -0.262. The van der Waals surface area contributed by atoms with E-state index in [1.807, 2.05) is 4.90 Å². The average molecular weight is 258 g/mol. The third kappa shape index (κ3) is 1.79. The Balaban J connectivity index is 2.10. The van der Waals surface area contributed by atoms with E-state index in [0.29, 0.717) is 11.8 Å². The molecule has 0 saturated carbocycles. The van der Waals surface area contributed by atoms with Gasteiger partial charge in [-0.15, -0.1) is 0 Å². The number of carbonyl (C=O) groups is 1. The quantitative estimate of drug-likeness (QED) is 0.782. The maximum absolute atomic E-state index is 12.9. The molecule has 2 aliphatic heterocycles. The zero-order valence-corrected chi connectivity index (χ0v) is 11.8. The van der Waals surface area contributed by atoms with Crippen molar-refractivity contribution in [3.8, 4) is 0 Å². The highest BCUT2D eigenvalue weighted by atomic mass is 16.2. The summed E-state index contributed by atoms with van der Waals surface area (Å²) < 4.78 is 0. The van der Waals surface area contributed by atoms with Gasteiger partial charge in [0.25, 0.3) is 0 Å². The molecule has 1 unspecified atom stereocenters. The van der Waals surface area contributed by atoms with Crippen molar-refractivity contribution in [2.24, 2.45) is 11.3 Å². The largest absolute Gasteiger partial charge is 0.317 e. The second-order valence-corrected chi connectivity index (χ2v) is 5.76. The van der Waals surface area contributed by atoms with Crippen LogP contribution in [0.15, 0.2) is 35.6 Å². The predicted octanol–water partition coefficient (Wildman–Crippen LogP) is 2.23. The van der Waals surface area contributed by atoms with E-state index in [2.05, 4.69) is 43.5 Å². The minimum absolute atomic E-state index is 0.262. The maximum atomic E-state index is 12.9. The van der Waals surface area contributed by atoms with E-state index < -0.39 is 0 Å². The van der Waals surface area contributed by atoms with Gasteiger partial charge in [0, 0.05) is 12.2 Å². The number of piperidine rings is 1. The van der Waals surface area contributed by atoms with Crippen LogP contribution in [-0.4, -0.2) is 30.4 Å². The molecule has 0 aromatic rings. The van der Waals surface area contributed by atoms with Crippen molar-refractivity contribution in [2.45, 2.75) is 26.7 Å². The summed E-state index contributed by atoms with van der Waals surface area (Å²) in [6, 6.07) is 0. The van der Waals surface area contributed by atoms with Crippen LogP contribution in [0.5, 0.6) is 0 Å². The number of hydrogen-bond donors (Lipinski definition) is 1. The van der Waals surface area contributed by atoms with E-state index in [4.69, 9.17) is 0 Å². The fourth-order valence-electron chi connectivity index (χ4n) is 3.50. The lowest BCUT2D eigenvalue weighted by Crippen LogP contribution is -2.44. The Bertz CT molecular complexity index is 481. The van der Waals surface area contributed by atoms with Gasteiger partial charge < -0.3 is 10.2 Å². The molecule has 3 heteroatoms. The number of nitrogens with one attached hydrogen (secondary N) is 1. The molecule has 102 valence electrons. The summed E-state index contributed by atoms with van der Waals surface area (Å²) in [5, 5.41) is 3.37. The normalized spacial score (nSPS) is 29.1. The van der Waals surface area contributed by atoms with E-state index in [-0.39, 0.29) is 5.41 Å². The number of amides is 1. The zero-order chi connectivity index (χ0) is 13.5. The Kier molecular flexibility index (Phi) is 3.09. The van der Waals surface area contributed by atoms with Gasteiger partial charge in [-0.05, 0) is 50.4 Å². The Labute approximate surface area is 115 Å². The molecule has 3 rings (SSSR count). The lowest BCUT2D eigenvalue weighted by molar-refractivity contribution is -0.136. The van der Waals surface area contributed by atoms with Crippen LogP contribution in [0.3, 0.4) is 0 Å². The van der Waals surface area contributed by atoms with Crippen molar-refractivity contribution in [1.82, 2.24) is 10.2 Å². The van der Waals surface area contributed by atoms with E-state index in [9.17, 15) is 4.79 Å². The summed E-state index contributed by atoms with van der Waals surface area (Å²) in [4.78, 5) is 14.8. The summed E-state index contributed by atoms with van der Waals surface area (Å²) in [5.74, 6) is 0.753. The first kappa shape index (κ1) is 12.7. The van der Waals surface area contributed by atoms with Gasteiger partial charge >= 0.3 is 0 Å². The van der Waals surface area contributed by atoms with Gasteiger partial charge in [-0.25, -0.2) is 0 Å². The molecule has 0 aromatic carbocycles. The first-order valence-corrected chi connectivity index (χ1v) is 7.33. The molecule has 0 aromatic heterocycles. The van der Waals surface area contributed by atoms with Crippen molar-refractivity contribution in [3.63, 3.8) is 0 Å². The molecule has 1 N–H and O–H groups in total. The van der Waals surface area contributed by atoms with E-state index in [1.165, 1.54) is 5.57 Å². The van der Waals surface area contributed by atoms with Crippen LogP contribution in [0.1, 0.15) is 26.7 Å². The van der Waals surface area contributed by atoms with Crippen LogP contribution in [0.2, 0.25) is 0 Å². The van der Waals surface area contributed by atoms with Gasteiger partial charge in [0.2, 0.25) is 5.91 Å². The number of allylic oxidation sites excluding steroid dienone is 4. The summed E-state index contributed by atoms with van der Waals surface area (Å²) in [6.07, 6.45) is 10.6. The van der Waals surface area contributed by atoms with Crippen LogP contribution in [-0.2, 0) is 4.79 Å². The molecule has 1 atom stereocenters. The zero-order valence-electron chi connectivity index (χ0n) is 11.8. The van der Waals surface area contributed by atoms with Crippen LogP contribution >= 0.6 is 0 Å². The Morgan fingerprint density at radius 3 is 2.68 bits per heavy atom. The lowest BCUT2D eigenvalue weighted by Gasteiger charge is -2.34. The van der Waals surface area contributed by atoms with Crippen molar-refractivity contribution < 1.29 is 4.79 Å². The minimum Gasteiger partial charge on any atom is -0.317 e. The van der Waals surface area contributed by atoms with Gasteiger partial charge in [-0.3, -0.25) is 4.79 Å². The summed E-state index contributed by atoms with van der Waals surface area (Å²) >= 11 is 0. The van der Waals surface area contributed by atoms with Gasteiger partial charge in [-0.2, -0.15) is 0 Å². The Morgan fingerprint density at radius 1 is 1.32 bits per heavy atom. The number of carbonyl (C=O) groups excluding carboxylic acids is 1. The summed E-state index contributed by atoms with van der Waals surface area (Å²) in [6.45, 7) is 6.89. The van der Waals surface area contributed by atoms with Crippen molar-refractivity contribution in [2.75, 3.05) is 19.6 Å². The molecule has 19 heavy (non-hydrogen) atoms. The number of hydrogen-bond acceptors (Lipinski definition) is 2. The van der Waals surface area contributed by atoms with Crippen LogP contribution in [0.25, 0.3) is 0 Å². The van der Waals surface area contributed by atoms with Crippen LogP contribution < -0.4 is 5.32 Å². The smallest absolute Gasteiger partial charge is 0.237 e. The van der Waals surface area contributed by atoms with Crippen LogP contribution in [0.4, 0.5) is 0 Å². The van der Waals surface area contributed by atoms with Gasteiger partial charge in [0.05, 0.1) is 5.41 Å². The standard InChI is InChI=1S/C16H22N2O/c1-3-18-14-7-5-12(2)4-6-13(14)16(15(18)19)8-10-17-11-9-16/h4-7,12,17H,3,8-11H2,1-2H3. The molecule has 3 nitrogen and oxygen atoms in total. The number of likely N-dealkylation sites (N-methyl/N-ethyl adjacent to an activating group) is 1.